The molecule has 0 radical (unpaired) electrons. The zero-order valence-corrected chi connectivity index (χ0v) is 15.4. The molecule has 3 aromatic rings. The van der Waals surface area contributed by atoms with E-state index in [9.17, 15) is 4.79 Å². The number of thiophene rings is 1. The molecule has 1 aliphatic heterocycles. The maximum Gasteiger partial charge on any atom is 0.251 e. The average Bonchev–Trinajstić information content (AvgIpc) is 3.23. The van der Waals surface area contributed by atoms with Gasteiger partial charge in [0.25, 0.3) is 5.91 Å². The van der Waals surface area contributed by atoms with Crippen molar-refractivity contribution in [2.24, 2.45) is 0 Å². The first kappa shape index (κ1) is 17.0. The van der Waals surface area contributed by atoms with Crippen molar-refractivity contribution in [3.05, 3.63) is 93.7 Å². The Morgan fingerprint density at radius 1 is 1.00 bits per heavy atom. The third-order valence-corrected chi connectivity index (χ3v) is 5.94. The fourth-order valence-corrected chi connectivity index (χ4v) is 4.42. The predicted octanol–water partition coefficient (Wildman–Crippen LogP) is 4.28. The van der Waals surface area contributed by atoms with Crippen LogP contribution in [0.15, 0.2) is 72.1 Å². The summed E-state index contributed by atoms with van der Waals surface area (Å²) in [4.78, 5) is 16.3. The summed E-state index contributed by atoms with van der Waals surface area (Å²) in [5.74, 6) is -0.00966. The molecule has 3 nitrogen and oxygen atoms in total. The Morgan fingerprint density at radius 3 is 2.54 bits per heavy atom. The van der Waals surface area contributed by atoms with E-state index in [2.05, 4.69) is 52.0 Å². The molecular formula is C22H22N2OS. The summed E-state index contributed by atoms with van der Waals surface area (Å²) in [6.07, 6.45) is 1.06. The molecule has 4 heteroatoms. The molecule has 0 fully saturated rings. The molecular weight excluding hydrogens is 340 g/mol. The molecule has 2 aromatic carbocycles. The Labute approximate surface area is 158 Å². The van der Waals surface area contributed by atoms with E-state index in [1.807, 2.05) is 30.3 Å². The highest BCUT2D eigenvalue weighted by molar-refractivity contribution is 7.10. The van der Waals surface area contributed by atoms with E-state index in [0.717, 1.165) is 19.5 Å². The minimum Gasteiger partial charge on any atom is -0.350 e. The average molecular weight is 362 g/mol. The van der Waals surface area contributed by atoms with Crippen LogP contribution < -0.4 is 5.32 Å². The highest BCUT2D eigenvalue weighted by Crippen LogP contribution is 2.30. The smallest absolute Gasteiger partial charge is 0.251 e. The second-order valence-electron chi connectivity index (χ2n) is 6.60. The molecule has 4 rings (SSSR count). The maximum atomic E-state index is 12.5. The van der Waals surface area contributed by atoms with Gasteiger partial charge in [-0.3, -0.25) is 9.69 Å². The van der Waals surface area contributed by atoms with Gasteiger partial charge in [0.1, 0.15) is 0 Å². The van der Waals surface area contributed by atoms with Crippen LogP contribution in [-0.4, -0.2) is 23.9 Å². The Hall–Kier alpha value is -2.43. The van der Waals surface area contributed by atoms with Crippen LogP contribution in [0.2, 0.25) is 0 Å². The normalized spacial score (nSPS) is 15.2. The first-order valence-corrected chi connectivity index (χ1v) is 9.87. The number of carbonyl (C=O) groups excluding carboxylic acids is 1. The summed E-state index contributed by atoms with van der Waals surface area (Å²) in [6.45, 7) is 2.57. The Bertz CT molecular complexity index is 861. The fourth-order valence-electron chi connectivity index (χ4n) is 3.56. The summed E-state index contributed by atoms with van der Waals surface area (Å²) in [7, 11) is 0. The molecule has 1 N–H and O–H groups in total. The lowest BCUT2D eigenvalue weighted by atomic mass is 9.98. The lowest BCUT2D eigenvalue weighted by molar-refractivity contribution is 0.0929. The number of fused-ring (bicyclic) bond motifs is 1. The van der Waals surface area contributed by atoms with Crippen molar-refractivity contribution in [1.82, 2.24) is 10.2 Å². The molecule has 1 amide bonds. The first-order valence-electron chi connectivity index (χ1n) is 8.99. The topological polar surface area (TPSA) is 32.3 Å². The molecule has 1 aromatic heterocycles. The van der Waals surface area contributed by atoms with Gasteiger partial charge in [0.15, 0.2) is 0 Å². The van der Waals surface area contributed by atoms with Gasteiger partial charge in [0.2, 0.25) is 0 Å². The fraction of sp³-hybridized carbons (Fsp3) is 0.227. The van der Waals surface area contributed by atoms with E-state index in [0.29, 0.717) is 12.1 Å². The molecule has 1 aliphatic rings. The monoisotopic (exact) mass is 362 g/mol. The minimum absolute atomic E-state index is 0.00966. The molecule has 132 valence electrons. The van der Waals surface area contributed by atoms with Crippen LogP contribution in [0.3, 0.4) is 0 Å². The zero-order valence-electron chi connectivity index (χ0n) is 14.6. The molecule has 0 saturated carbocycles. The maximum absolute atomic E-state index is 12.5. The number of carbonyl (C=O) groups is 1. The van der Waals surface area contributed by atoms with E-state index in [4.69, 9.17) is 0 Å². The first-order chi connectivity index (χ1) is 12.8. The second-order valence-corrected chi connectivity index (χ2v) is 7.58. The molecule has 1 atom stereocenters. The van der Waals surface area contributed by atoms with Gasteiger partial charge in [0, 0.05) is 30.1 Å². The molecule has 0 saturated heterocycles. The van der Waals surface area contributed by atoms with E-state index < -0.39 is 0 Å². The molecule has 2 heterocycles. The van der Waals surface area contributed by atoms with Crippen molar-refractivity contribution >= 4 is 17.2 Å². The van der Waals surface area contributed by atoms with Crippen LogP contribution >= 0.6 is 11.3 Å². The number of rotatable bonds is 5. The number of amides is 1. The lowest BCUT2D eigenvalue weighted by Gasteiger charge is -2.35. The standard InChI is InChI=1S/C22H22N2OS/c25-22(18-8-2-1-3-9-18)23-15-20(21-11-6-14-26-21)24-13-12-17-7-4-5-10-19(17)16-24/h1-11,14,20H,12-13,15-16H2,(H,23,25)/t20-/m1/s1. The van der Waals surface area contributed by atoms with Gasteiger partial charge in [-0.2, -0.15) is 0 Å². The van der Waals surface area contributed by atoms with Crippen LogP contribution in [0.25, 0.3) is 0 Å². The van der Waals surface area contributed by atoms with E-state index in [1.54, 1.807) is 11.3 Å². The third kappa shape index (κ3) is 3.71. The van der Waals surface area contributed by atoms with E-state index in [-0.39, 0.29) is 11.9 Å². The van der Waals surface area contributed by atoms with Gasteiger partial charge in [-0.25, -0.2) is 0 Å². The van der Waals surface area contributed by atoms with Gasteiger partial charge < -0.3 is 5.32 Å². The number of benzene rings is 2. The minimum atomic E-state index is -0.00966. The van der Waals surface area contributed by atoms with Crippen LogP contribution in [0, 0.1) is 0 Å². The van der Waals surface area contributed by atoms with E-state index >= 15 is 0 Å². The SMILES string of the molecule is O=C(NC[C@H](c1cccs1)N1CCc2ccccc2C1)c1ccccc1. The zero-order chi connectivity index (χ0) is 17.8. The van der Waals surface area contributed by atoms with Gasteiger partial charge in [-0.15, -0.1) is 11.3 Å². The van der Waals surface area contributed by atoms with Gasteiger partial charge in [-0.05, 0) is 41.1 Å². The quantitative estimate of drug-likeness (QED) is 0.735. The van der Waals surface area contributed by atoms with Gasteiger partial charge >= 0.3 is 0 Å². The van der Waals surface area contributed by atoms with Crippen molar-refractivity contribution in [2.75, 3.05) is 13.1 Å². The van der Waals surface area contributed by atoms with Crippen molar-refractivity contribution < 1.29 is 4.79 Å². The van der Waals surface area contributed by atoms with Gasteiger partial charge in [0.05, 0.1) is 6.04 Å². The molecule has 0 bridgehead atoms. The molecule has 0 unspecified atom stereocenters. The Morgan fingerprint density at radius 2 is 1.77 bits per heavy atom. The van der Waals surface area contributed by atoms with Crippen LogP contribution in [-0.2, 0) is 13.0 Å². The van der Waals surface area contributed by atoms with Crippen LogP contribution in [0.4, 0.5) is 0 Å². The summed E-state index contributed by atoms with van der Waals surface area (Å²) in [5, 5.41) is 5.25. The predicted molar refractivity (Wildman–Crippen MR) is 106 cm³/mol. The summed E-state index contributed by atoms with van der Waals surface area (Å²) in [6, 6.07) is 22.6. The Balaban J connectivity index is 1.50. The van der Waals surface area contributed by atoms with E-state index in [1.165, 1.54) is 16.0 Å². The number of hydrogen-bond donors (Lipinski definition) is 1. The van der Waals surface area contributed by atoms with Crippen molar-refractivity contribution in [3.8, 4) is 0 Å². The molecule has 26 heavy (non-hydrogen) atoms. The molecule has 0 aliphatic carbocycles. The van der Waals surface area contributed by atoms with Crippen LogP contribution in [0.5, 0.6) is 0 Å². The van der Waals surface area contributed by atoms with Crippen molar-refractivity contribution in [3.63, 3.8) is 0 Å². The Kier molecular flexibility index (Phi) is 5.14. The second kappa shape index (κ2) is 7.85. The van der Waals surface area contributed by atoms with Crippen molar-refractivity contribution in [2.45, 2.75) is 19.0 Å². The number of nitrogens with one attached hydrogen (secondary N) is 1. The highest BCUT2D eigenvalue weighted by Gasteiger charge is 2.25. The van der Waals surface area contributed by atoms with Gasteiger partial charge in [-0.1, -0.05) is 48.5 Å². The highest BCUT2D eigenvalue weighted by atomic mass is 32.1. The largest absolute Gasteiger partial charge is 0.350 e. The summed E-state index contributed by atoms with van der Waals surface area (Å²) < 4.78 is 0. The van der Waals surface area contributed by atoms with Crippen LogP contribution in [0.1, 0.15) is 32.4 Å². The lowest BCUT2D eigenvalue weighted by Crippen LogP contribution is -2.40. The number of nitrogens with zero attached hydrogens (tertiary/aromatic N) is 1. The molecule has 0 spiro atoms. The summed E-state index contributed by atoms with van der Waals surface area (Å²) in [5.41, 5.74) is 3.55. The van der Waals surface area contributed by atoms with Crippen molar-refractivity contribution in [1.29, 1.82) is 0 Å². The summed E-state index contributed by atoms with van der Waals surface area (Å²) >= 11 is 1.76. The number of hydrogen-bond acceptors (Lipinski definition) is 3. The third-order valence-electron chi connectivity index (χ3n) is 4.96.